The number of fused-ring (bicyclic) bond motifs is 2. The predicted octanol–water partition coefficient (Wildman–Crippen LogP) is 2.36. The van der Waals surface area contributed by atoms with E-state index in [1.54, 1.807) is 12.4 Å². The summed E-state index contributed by atoms with van der Waals surface area (Å²) in [4.78, 5) is 13.1. The number of anilines is 2. The number of nitrogens with zero attached hydrogens (tertiary/aromatic N) is 5. The van der Waals surface area contributed by atoms with E-state index in [2.05, 4.69) is 50.1 Å². The molecule has 0 bridgehead atoms. The summed E-state index contributed by atoms with van der Waals surface area (Å²) in [5.74, 6) is 0.961. The highest BCUT2D eigenvalue weighted by atomic mass is 15.2. The van der Waals surface area contributed by atoms with Gasteiger partial charge in [0, 0.05) is 43.1 Å². The van der Waals surface area contributed by atoms with Crippen molar-refractivity contribution in [3.63, 3.8) is 0 Å². The Morgan fingerprint density at radius 3 is 2.74 bits per heavy atom. The first-order chi connectivity index (χ1) is 11.3. The fourth-order valence-electron chi connectivity index (χ4n) is 4.01. The van der Waals surface area contributed by atoms with Crippen LogP contribution < -0.4 is 9.80 Å². The second-order valence-corrected chi connectivity index (χ2v) is 6.36. The van der Waals surface area contributed by atoms with E-state index in [-0.39, 0.29) is 5.41 Å². The number of benzene rings is 1. The van der Waals surface area contributed by atoms with E-state index in [1.807, 2.05) is 6.20 Å². The first kappa shape index (κ1) is 14.0. The summed E-state index contributed by atoms with van der Waals surface area (Å²) in [6.07, 6.45) is 7.47. The minimum absolute atomic E-state index is 0.173. The van der Waals surface area contributed by atoms with Gasteiger partial charge in [-0.05, 0) is 24.5 Å². The molecule has 2 aromatic rings. The lowest BCUT2D eigenvalue weighted by atomic mass is 9.74. The Morgan fingerprint density at radius 1 is 1.17 bits per heavy atom. The monoisotopic (exact) mass is 305 g/mol. The number of hydrogen-bond donors (Lipinski definition) is 0. The molecule has 2 aliphatic heterocycles. The molecule has 0 amide bonds. The van der Waals surface area contributed by atoms with Gasteiger partial charge in [0.1, 0.15) is 12.4 Å². The van der Waals surface area contributed by atoms with Gasteiger partial charge in [0.25, 0.3) is 0 Å². The smallest absolute Gasteiger partial charge is 0.147 e. The molecule has 1 spiro atoms. The highest BCUT2D eigenvalue weighted by Crippen LogP contribution is 2.46. The highest BCUT2D eigenvalue weighted by Gasteiger charge is 2.44. The predicted molar refractivity (Wildman–Crippen MR) is 89.4 cm³/mol. The second kappa shape index (κ2) is 5.54. The van der Waals surface area contributed by atoms with Gasteiger partial charge in [-0.1, -0.05) is 18.2 Å². The van der Waals surface area contributed by atoms with Crippen molar-refractivity contribution in [2.24, 2.45) is 0 Å². The van der Waals surface area contributed by atoms with Crippen molar-refractivity contribution in [1.29, 1.82) is 5.26 Å². The summed E-state index contributed by atoms with van der Waals surface area (Å²) < 4.78 is 0. The Balaban J connectivity index is 1.58. The molecule has 0 atom stereocenters. The van der Waals surface area contributed by atoms with E-state index in [9.17, 15) is 0 Å². The van der Waals surface area contributed by atoms with Crippen LogP contribution in [0.1, 0.15) is 18.4 Å². The first-order valence-electron chi connectivity index (χ1n) is 8.05. The van der Waals surface area contributed by atoms with Crippen molar-refractivity contribution in [2.75, 3.05) is 36.0 Å². The van der Waals surface area contributed by atoms with Crippen molar-refractivity contribution in [2.45, 2.75) is 18.3 Å². The Morgan fingerprint density at radius 2 is 2.00 bits per heavy atom. The largest absolute Gasteiger partial charge is 0.357 e. The summed E-state index contributed by atoms with van der Waals surface area (Å²) in [6.45, 7) is 3.38. The molecule has 0 saturated carbocycles. The van der Waals surface area contributed by atoms with Crippen LogP contribution in [0.2, 0.25) is 0 Å². The van der Waals surface area contributed by atoms with Gasteiger partial charge in [0.15, 0.2) is 0 Å². The number of para-hydroxylation sites is 1. The zero-order chi connectivity index (χ0) is 15.7. The van der Waals surface area contributed by atoms with Gasteiger partial charge in [-0.2, -0.15) is 5.26 Å². The van der Waals surface area contributed by atoms with Gasteiger partial charge in [0.05, 0.1) is 12.3 Å². The standard InChI is InChI=1S/C18H19N5/c19-7-12-23-14-18(15-3-1-2-4-16(15)23)5-10-22(11-6-18)17-13-20-8-9-21-17/h1-4,8-9,13H,5-6,10-12,14H2. The molecular formula is C18H19N5. The molecule has 2 aliphatic rings. The zero-order valence-corrected chi connectivity index (χ0v) is 13.0. The normalized spacial score (nSPS) is 18.7. The van der Waals surface area contributed by atoms with E-state index in [4.69, 9.17) is 5.26 Å². The third-order valence-electron chi connectivity index (χ3n) is 5.17. The Bertz CT molecular complexity index is 729. The summed E-state index contributed by atoms with van der Waals surface area (Å²) in [5, 5.41) is 9.11. The van der Waals surface area contributed by atoms with Gasteiger partial charge in [0.2, 0.25) is 0 Å². The molecule has 1 fully saturated rings. The number of rotatable bonds is 2. The summed E-state index contributed by atoms with van der Waals surface area (Å²) >= 11 is 0. The van der Waals surface area contributed by atoms with Crippen molar-refractivity contribution in [3.05, 3.63) is 48.4 Å². The third-order valence-corrected chi connectivity index (χ3v) is 5.17. The molecule has 0 N–H and O–H groups in total. The number of piperidine rings is 1. The van der Waals surface area contributed by atoms with E-state index >= 15 is 0 Å². The number of hydrogen-bond acceptors (Lipinski definition) is 5. The second-order valence-electron chi connectivity index (χ2n) is 6.36. The fourth-order valence-corrected chi connectivity index (χ4v) is 4.01. The van der Waals surface area contributed by atoms with Crippen LogP contribution in [0, 0.1) is 11.3 Å². The molecule has 3 heterocycles. The maximum Gasteiger partial charge on any atom is 0.147 e. The highest BCUT2D eigenvalue weighted by molar-refractivity contribution is 5.63. The minimum Gasteiger partial charge on any atom is -0.357 e. The lowest BCUT2D eigenvalue weighted by Gasteiger charge is -2.40. The first-order valence-corrected chi connectivity index (χ1v) is 8.05. The fraction of sp³-hybridized carbons (Fsp3) is 0.389. The van der Waals surface area contributed by atoms with E-state index < -0.39 is 0 Å². The average molecular weight is 305 g/mol. The zero-order valence-electron chi connectivity index (χ0n) is 13.0. The molecule has 4 rings (SSSR count). The van der Waals surface area contributed by atoms with Crippen LogP contribution in [-0.4, -0.2) is 36.1 Å². The Kier molecular flexibility index (Phi) is 3.38. The topological polar surface area (TPSA) is 56.1 Å². The van der Waals surface area contributed by atoms with Crippen LogP contribution in [0.4, 0.5) is 11.5 Å². The van der Waals surface area contributed by atoms with Gasteiger partial charge >= 0.3 is 0 Å². The molecule has 116 valence electrons. The summed E-state index contributed by atoms with van der Waals surface area (Å²) in [5.41, 5.74) is 2.82. The van der Waals surface area contributed by atoms with Crippen LogP contribution in [0.25, 0.3) is 0 Å². The summed E-state index contributed by atoms with van der Waals surface area (Å²) in [6, 6.07) is 10.9. The van der Waals surface area contributed by atoms with Crippen molar-refractivity contribution < 1.29 is 0 Å². The van der Waals surface area contributed by atoms with Crippen LogP contribution in [0.5, 0.6) is 0 Å². The van der Waals surface area contributed by atoms with Crippen molar-refractivity contribution in [1.82, 2.24) is 9.97 Å². The van der Waals surface area contributed by atoms with Crippen LogP contribution in [-0.2, 0) is 5.41 Å². The van der Waals surface area contributed by atoms with E-state index in [0.29, 0.717) is 6.54 Å². The Hall–Kier alpha value is -2.61. The molecule has 1 aromatic carbocycles. The number of nitriles is 1. The molecular weight excluding hydrogens is 286 g/mol. The third kappa shape index (κ3) is 2.31. The van der Waals surface area contributed by atoms with Gasteiger partial charge in [-0.15, -0.1) is 0 Å². The minimum atomic E-state index is 0.173. The summed E-state index contributed by atoms with van der Waals surface area (Å²) in [7, 11) is 0. The van der Waals surface area contributed by atoms with Crippen LogP contribution >= 0.6 is 0 Å². The van der Waals surface area contributed by atoms with Crippen LogP contribution in [0.3, 0.4) is 0 Å². The molecule has 1 saturated heterocycles. The van der Waals surface area contributed by atoms with Gasteiger partial charge in [-0.3, -0.25) is 4.98 Å². The molecule has 1 aromatic heterocycles. The Labute approximate surface area is 136 Å². The maximum atomic E-state index is 9.11. The maximum absolute atomic E-state index is 9.11. The molecule has 0 radical (unpaired) electrons. The molecule has 0 unspecified atom stereocenters. The number of aromatic nitrogens is 2. The molecule has 5 heteroatoms. The van der Waals surface area contributed by atoms with E-state index in [1.165, 1.54) is 11.3 Å². The van der Waals surface area contributed by atoms with Crippen molar-refractivity contribution >= 4 is 11.5 Å². The SMILES string of the molecule is N#CCN1CC2(CCN(c3cnccn3)CC2)c2ccccc21. The molecule has 0 aliphatic carbocycles. The van der Waals surface area contributed by atoms with Gasteiger partial charge in [-0.25, -0.2) is 4.98 Å². The molecule has 23 heavy (non-hydrogen) atoms. The average Bonchev–Trinajstić information content (AvgIpc) is 2.91. The molecule has 5 nitrogen and oxygen atoms in total. The van der Waals surface area contributed by atoms with E-state index in [0.717, 1.165) is 38.3 Å². The van der Waals surface area contributed by atoms with Crippen LogP contribution in [0.15, 0.2) is 42.9 Å². The van der Waals surface area contributed by atoms with Gasteiger partial charge < -0.3 is 9.80 Å². The van der Waals surface area contributed by atoms with Crippen molar-refractivity contribution in [3.8, 4) is 6.07 Å². The lowest BCUT2D eigenvalue weighted by molar-refractivity contribution is 0.351. The lowest BCUT2D eigenvalue weighted by Crippen LogP contribution is -2.45. The quantitative estimate of drug-likeness (QED) is 0.797.